The van der Waals surface area contributed by atoms with Crippen molar-refractivity contribution in [3.05, 3.63) is 66.6 Å². The molecule has 0 saturated heterocycles. The summed E-state index contributed by atoms with van der Waals surface area (Å²) in [7, 11) is -3.67. The van der Waals surface area contributed by atoms with Gasteiger partial charge in [0.1, 0.15) is 0 Å². The Balaban J connectivity index is 1.65. The predicted molar refractivity (Wildman–Crippen MR) is 96.1 cm³/mol. The van der Waals surface area contributed by atoms with Crippen LogP contribution in [-0.4, -0.2) is 29.1 Å². The summed E-state index contributed by atoms with van der Waals surface area (Å²) in [6.45, 7) is 1.50. The number of anilines is 1. The van der Waals surface area contributed by atoms with Gasteiger partial charge in [0.15, 0.2) is 5.82 Å². The van der Waals surface area contributed by atoms with Crippen molar-refractivity contribution in [3.63, 3.8) is 0 Å². The summed E-state index contributed by atoms with van der Waals surface area (Å²) in [5.41, 5.74) is 1.26. The van der Waals surface area contributed by atoms with Crippen LogP contribution in [0.25, 0.3) is 5.82 Å². The van der Waals surface area contributed by atoms with Crippen LogP contribution in [0, 0.1) is 0 Å². The van der Waals surface area contributed by atoms with Gasteiger partial charge in [0.25, 0.3) is 0 Å². The number of carbonyl (C=O) groups excluding carboxylic acids is 1. The lowest BCUT2D eigenvalue weighted by molar-refractivity contribution is -0.114. The molecule has 0 bridgehead atoms. The van der Waals surface area contributed by atoms with Gasteiger partial charge in [-0.2, -0.15) is 5.10 Å². The molecule has 134 valence electrons. The highest BCUT2D eigenvalue weighted by molar-refractivity contribution is 7.89. The van der Waals surface area contributed by atoms with E-state index in [9.17, 15) is 13.2 Å². The van der Waals surface area contributed by atoms with Crippen molar-refractivity contribution in [1.82, 2.24) is 19.5 Å². The van der Waals surface area contributed by atoms with Crippen LogP contribution in [0.2, 0.25) is 0 Å². The summed E-state index contributed by atoms with van der Waals surface area (Å²) in [6, 6.07) is 11.3. The van der Waals surface area contributed by atoms with E-state index in [4.69, 9.17) is 0 Å². The molecule has 0 fully saturated rings. The fraction of sp³-hybridized carbons (Fsp3) is 0.118. The van der Waals surface area contributed by atoms with Gasteiger partial charge in [0, 0.05) is 37.7 Å². The molecule has 2 N–H and O–H groups in total. The van der Waals surface area contributed by atoms with E-state index in [2.05, 4.69) is 20.1 Å². The Kier molecular flexibility index (Phi) is 5.10. The SMILES string of the molecule is CC(=O)Nc1ccc(S(=O)(=O)NCc2ccc(-n3cccn3)nc2)cc1. The number of aromatic nitrogens is 3. The molecule has 0 unspecified atom stereocenters. The molecule has 2 aromatic heterocycles. The van der Waals surface area contributed by atoms with Crippen molar-refractivity contribution in [2.24, 2.45) is 0 Å². The molecular formula is C17H17N5O3S. The normalized spacial score (nSPS) is 11.3. The molecule has 3 aromatic rings. The van der Waals surface area contributed by atoms with Gasteiger partial charge in [-0.3, -0.25) is 4.79 Å². The molecule has 0 aliphatic rings. The van der Waals surface area contributed by atoms with E-state index in [-0.39, 0.29) is 17.3 Å². The Morgan fingerprint density at radius 3 is 2.50 bits per heavy atom. The minimum atomic E-state index is -3.67. The van der Waals surface area contributed by atoms with Gasteiger partial charge in [0.2, 0.25) is 15.9 Å². The lowest BCUT2D eigenvalue weighted by atomic mass is 10.3. The van der Waals surface area contributed by atoms with Gasteiger partial charge in [-0.25, -0.2) is 22.8 Å². The molecule has 0 spiro atoms. The highest BCUT2D eigenvalue weighted by Gasteiger charge is 2.14. The number of carbonyl (C=O) groups is 1. The lowest BCUT2D eigenvalue weighted by Crippen LogP contribution is -2.23. The molecule has 0 radical (unpaired) electrons. The summed E-state index contributed by atoms with van der Waals surface area (Å²) in [6.07, 6.45) is 5.02. The average molecular weight is 371 g/mol. The Labute approximate surface area is 150 Å². The number of nitrogens with zero attached hydrogens (tertiary/aromatic N) is 3. The topological polar surface area (TPSA) is 106 Å². The maximum absolute atomic E-state index is 12.4. The first kappa shape index (κ1) is 17.8. The first-order valence-electron chi connectivity index (χ1n) is 7.76. The van der Waals surface area contributed by atoms with Crippen molar-refractivity contribution < 1.29 is 13.2 Å². The summed E-state index contributed by atoms with van der Waals surface area (Å²) < 4.78 is 28.9. The van der Waals surface area contributed by atoms with Crippen LogP contribution < -0.4 is 10.0 Å². The molecule has 0 aliphatic heterocycles. The zero-order valence-corrected chi connectivity index (χ0v) is 14.8. The molecule has 1 aromatic carbocycles. The van der Waals surface area contributed by atoms with Gasteiger partial charge >= 0.3 is 0 Å². The van der Waals surface area contributed by atoms with Crippen LogP contribution in [0.15, 0.2) is 66.0 Å². The van der Waals surface area contributed by atoms with Crippen LogP contribution in [0.4, 0.5) is 5.69 Å². The molecule has 1 amide bonds. The second-order valence-electron chi connectivity index (χ2n) is 5.51. The highest BCUT2D eigenvalue weighted by atomic mass is 32.2. The minimum Gasteiger partial charge on any atom is -0.326 e. The van der Waals surface area contributed by atoms with Crippen molar-refractivity contribution in [3.8, 4) is 5.82 Å². The fourth-order valence-corrected chi connectivity index (χ4v) is 3.26. The van der Waals surface area contributed by atoms with E-state index >= 15 is 0 Å². The summed E-state index contributed by atoms with van der Waals surface area (Å²) in [5, 5.41) is 6.67. The van der Waals surface area contributed by atoms with Gasteiger partial charge in [0.05, 0.1) is 4.90 Å². The van der Waals surface area contributed by atoms with Crippen molar-refractivity contribution >= 4 is 21.6 Å². The van der Waals surface area contributed by atoms with Gasteiger partial charge in [-0.05, 0) is 42.0 Å². The maximum atomic E-state index is 12.4. The van der Waals surface area contributed by atoms with E-state index in [1.54, 1.807) is 41.5 Å². The lowest BCUT2D eigenvalue weighted by Gasteiger charge is -2.08. The molecule has 3 rings (SSSR count). The number of nitrogens with one attached hydrogen (secondary N) is 2. The van der Waals surface area contributed by atoms with E-state index < -0.39 is 10.0 Å². The third-order valence-corrected chi connectivity index (χ3v) is 4.92. The Morgan fingerprint density at radius 1 is 1.15 bits per heavy atom. The van der Waals surface area contributed by atoms with Crippen molar-refractivity contribution in [2.45, 2.75) is 18.4 Å². The number of hydrogen-bond acceptors (Lipinski definition) is 5. The first-order chi connectivity index (χ1) is 12.4. The molecule has 2 heterocycles. The van der Waals surface area contributed by atoms with E-state index in [1.807, 2.05) is 0 Å². The second-order valence-corrected chi connectivity index (χ2v) is 7.27. The molecule has 0 aliphatic carbocycles. The van der Waals surface area contributed by atoms with Crippen LogP contribution in [0.3, 0.4) is 0 Å². The molecule has 9 heteroatoms. The van der Waals surface area contributed by atoms with Gasteiger partial charge < -0.3 is 5.32 Å². The largest absolute Gasteiger partial charge is 0.326 e. The summed E-state index contributed by atoms with van der Waals surface area (Å²) in [5.74, 6) is 0.431. The third kappa shape index (κ3) is 4.32. The monoisotopic (exact) mass is 371 g/mol. The predicted octanol–water partition coefficient (Wildman–Crippen LogP) is 1.70. The minimum absolute atomic E-state index is 0.113. The smallest absolute Gasteiger partial charge is 0.240 e. The van der Waals surface area contributed by atoms with Crippen LogP contribution >= 0.6 is 0 Å². The van der Waals surface area contributed by atoms with Crippen molar-refractivity contribution in [1.29, 1.82) is 0 Å². The fourth-order valence-electron chi connectivity index (χ4n) is 2.24. The van der Waals surface area contributed by atoms with E-state index in [0.717, 1.165) is 5.56 Å². The highest BCUT2D eigenvalue weighted by Crippen LogP contribution is 2.14. The standard InChI is InChI=1S/C17H17N5O3S/c1-13(23)21-15-4-6-16(7-5-15)26(24,25)20-12-14-3-8-17(18-11-14)22-10-2-9-19-22/h2-11,20H,12H2,1H3,(H,21,23). The Bertz CT molecular complexity index is 982. The zero-order valence-electron chi connectivity index (χ0n) is 14.0. The van der Waals surface area contributed by atoms with Crippen LogP contribution in [-0.2, 0) is 21.4 Å². The van der Waals surface area contributed by atoms with Crippen molar-refractivity contribution in [2.75, 3.05) is 5.32 Å². The molecule has 0 saturated carbocycles. The molecule has 8 nitrogen and oxygen atoms in total. The number of rotatable bonds is 6. The maximum Gasteiger partial charge on any atom is 0.240 e. The Hall–Kier alpha value is -3.04. The van der Waals surface area contributed by atoms with Crippen LogP contribution in [0.5, 0.6) is 0 Å². The molecule has 26 heavy (non-hydrogen) atoms. The van der Waals surface area contributed by atoms with Gasteiger partial charge in [-0.1, -0.05) is 6.07 Å². The number of hydrogen-bond donors (Lipinski definition) is 2. The number of amides is 1. The van der Waals surface area contributed by atoms with Gasteiger partial charge in [-0.15, -0.1) is 0 Å². The zero-order chi connectivity index (χ0) is 18.6. The quantitative estimate of drug-likeness (QED) is 0.686. The van der Waals surface area contributed by atoms with E-state index in [0.29, 0.717) is 11.5 Å². The molecular weight excluding hydrogens is 354 g/mol. The summed E-state index contributed by atoms with van der Waals surface area (Å²) >= 11 is 0. The second kappa shape index (κ2) is 7.46. The third-order valence-electron chi connectivity index (χ3n) is 3.50. The van der Waals surface area contributed by atoms with E-state index in [1.165, 1.54) is 31.2 Å². The first-order valence-corrected chi connectivity index (χ1v) is 9.25. The number of pyridine rings is 1. The molecule has 0 atom stereocenters. The van der Waals surface area contributed by atoms with Crippen LogP contribution in [0.1, 0.15) is 12.5 Å². The average Bonchev–Trinajstić information content (AvgIpc) is 3.15. The number of sulfonamides is 1. The number of benzene rings is 1. The summed E-state index contributed by atoms with van der Waals surface area (Å²) in [4.78, 5) is 15.4. The Morgan fingerprint density at radius 2 is 1.92 bits per heavy atom.